The molecule has 1 aromatic carbocycles. The van der Waals surface area contributed by atoms with Crippen molar-refractivity contribution in [2.24, 2.45) is 0 Å². The molecule has 0 unspecified atom stereocenters. The summed E-state index contributed by atoms with van der Waals surface area (Å²) >= 11 is 5.77. The van der Waals surface area contributed by atoms with Crippen LogP contribution in [0.15, 0.2) is 18.2 Å². The van der Waals surface area contributed by atoms with E-state index in [1.807, 2.05) is 0 Å². The lowest BCUT2D eigenvalue weighted by molar-refractivity contribution is -0.137. The smallest absolute Gasteiger partial charge is 0.405 e. The molecule has 19 heavy (non-hydrogen) atoms. The molecule has 0 saturated carbocycles. The zero-order valence-electron chi connectivity index (χ0n) is 9.97. The van der Waals surface area contributed by atoms with Crippen molar-refractivity contribution in [2.45, 2.75) is 6.18 Å². The van der Waals surface area contributed by atoms with Gasteiger partial charge in [-0.25, -0.2) is 0 Å². The van der Waals surface area contributed by atoms with Gasteiger partial charge in [0.1, 0.15) is 12.3 Å². The van der Waals surface area contributed by atoms with Gasteiger partial charge in [0.25, 0.3) is 0 Å². The van der Waals surface area contributed by atoms with E-state index in [4.69, 9.17) is 16.3 Å². The number of nitrogens with one attached hydrogen (secondary N) is 2. The van der Waals surface area contributed by atoms with Gasteiger partial charge in [-0.3, -0.25) is 4.79 Å². The van der Waals surface area contributed by atoms with Crippen molar-refractivity contribution in [2.75, 3.05) is 25.5 Å². The molecule has 2 N–H and O–H groups in total. The molecule has 0 radical (unpaired) electrons. The second kappa shape index (κ2) is 6.51. The first-order valence-electron chi connectivity index (χ1n) is 5.22. The normalized spacial score (nSPS) is 11.0. The van der Waals surface area contributed by atoms with Crippen LogP contribution in [0.2, 0.25) is 5.02 Å². The highest BCUT2D eigenvalue weighted by Gasteiger charge is 2.27. The van der Waals surface area contributed by atoms with Gasteiger partial charge in [0.05, 0.1) is 19.3 Å². The number of hydrogen-bond donors (Lipinski definition) is 2. The van der Waals surface area contributed by atoms with Crippen LogP contribution >= 0.6 is 11.6 Å². The molecular weight excluding hydrogens is 285 g/mol. The van der Waals surface area contributed by atoms with Crippen LogP contribution in [0.25, 0.3) is 0 Å². The first-order valence-corrected chi connectivity index (χ1v) is 5.60. The Hall–Kier alpha value is -1.63. The van der Waals surface area contributed by atoms with Crippen LogP contribution in [0.1, 0.15) is 0 Å². The standard InChI is InChI=1S/C11H12ClF3N2O2/c1-19-9-3-2-7(12)4-8(9)16-5-10(18)17-6-11(13,14)15/h2-4,16H,5-6H2,1H3,(H,17,18). The molecule has 1 rings (SSSR count). The van der Waals surface area contributed by atoms with Crippen LogP contribution in [0.4, 0.5) is 18.9 Å². The third-order valence-corrected chi connectivity index (χ3v) is 2.32. The highest BCUT2D eigenvalue weighted by atomic mass is 35.5. The second-order valence-corrected chi connectivity index (χ2v) is 4.03. The zero-order chi connectivity index (χ0) is 14.5. The number of carbonyl (C=O) groups excluding carboxylic acids is 1. The van der Waals surface area contributed by atoms with Crippen LogP contribution in [0.3, 0.4) is 0 Å². The fraction of sp³-hybridized carbons (Fsp3) is 0.364. The van der Waals surface area contributed by atoms with Gasteiger partial charge >= 0.3 is 6.18 Å². The summed E-state index contributed by atoms with van der Waals surface area (Å²) in [5.41, 5.74) is 0.428. The van der Waals surface area contributed by atoms with Gasteiger partial charge in [-0.15, -0.1) is 0 Å². The number of amides is 1. The Bertz CT molecular complexity index is 452. The summed E-state index contributed by atoms with van der Waals surface area (Å²) in [6.45, 7) is -1.67. The number of halogens is 4. The minimum atomic E-state index is -4.43. The summed E-state index contributed by atoms with van der Waals surface area (Å²) in [6, 6.07) is 4.69. The largest absolute Gasteiger partial charge is 0.495 e. The molecule has 0 bridgehead atoms. The van der Waals surface area contributed by atoms with Gasteiger partial charge in [-0.2, -0.15) is 13.2 Å². The molecule has 0 heterocycles. The van der Waals surface area contributed by atoms with E-state index >= 15 is 0 Å². The van der Waals surface area contributed by atoms with E-state index in [0.717, 1.165) is 0 Å². The maximum absolute atomic E-state index is 11.9. The van der Waals surface area contributed by atoms with E-state index in [1.165, 1.54) is 13.2 Å². The molecule has 4 nitrogen and oxygen atoms in total. The summed E-state index contributed by atoms with van der Waals surface area (Å²) in [6.07, 6.45) is -4.43. The summed E-state index contributed by atoms with van der Waals surface area (Å²) in [7, 11) is 1.43. The van der Waals surface area contributed by atoms with Crippen molar-refractivity contribution in [1.29, 1.82) is 0 Å². The average molecular weight is 297 g/mol. The lowest BCUT2D eigenvalue weighted by Gasteiger charge is -2.12. The van der Waals surface area contributed by atoms with Gasteiger partial charge in [-0.05, 0) is 18.2 Å². The molecule has 0 aliphatic rings. The van der Waals surface area contributed by atoms with E-state index in [2.05, 4.69) is 5.32 Å². The van der Waals surface area contributed by atoms with Crippen LogP contribution in [0, 0.1) is 0 Å². The van der Waals surface area contributed by atoms with Gasteiger partial charge in [0, 0.05) is 5.02 Å². The number of alkyl halides is 3. The van der Waals surface area contributed by atoms with Gasteiger partial charge < -0.3 is 15.4 Å². The monoisotopic (exact) mass is 296 g/mol. The van der Waals surface area contributed by atoms with E-state index in [0.29, 0.717) is 16.5 Å². The van der Waals surface area contributed by atoms with Crippen molar-refractivity contribution in [3.05, 3.63) is 23.2 Å². The Morgan fingerprint density at radius 3 is 2.68 bits per heavy atom. The SMILES string of the molecule is COc1ccc(Cl)cc1NCC(=O)NCC(F)(F)F. The fourth-order valence-electron chi connectivity index (χ4n) is 1.26. The summed E-state index contributed by atoms with van der Waals surface area (Å²) < 4.78 is 40.6. The van der Waals surface area contributed by atoms with Crippen LogP contribution in [0.5, 0.6) is 5.75 Å². The van der Waals surface area contributed by atoms with E-state index in [1.54, 1.807) is 17.4 Å². The van der Waals surface area contributed by atoms with Crippen molar-refractivity contribution in [3.8, 4) is 5.75 Å². The predicted molar refractivity (Wildman–Crippen MR) is 65.6 cm³/mol. The number of benzene rings is 1. The van der Waals surface area contributed by atoms with E-state index in [9.17, 15) is 18.0 Å². The maximum Gasteiger partial charge on any atom is 0.405 e. The second-order valence-electron chi connectivity index (χ2n) is 3.59. The molecule has 1 aromatic rings. The Kier molecular flexibility index (Phi) is 5.29. The Morgan fingerprint density at radius 1 is 1.42 bits per heavy atom. The van der Waals surface area contributed by atoms with Crippen molar-refractivity contribution in [1.82, 2.24) is 5.32 Å². The summed E-state index contributed by atoms with van der Waals surface area (Å²) in [5.74, 6) is -0.340. The third kappa shape index (κ3) is 5.69. The topological polar surface area (TPSA) is 50.4 Å². The minimum Gasteiger partial charge on any atom is -0.495 e. The molecule has 0 saturated heterocycles. The molecule has 0 aliphatic carbocycles. The number of ether oxygens (including phenoxy) is 1. The summed E-state index contributed by atoms with van der Waals surface area (Å²) in [4.78, 5) is 11.2. The molecule has 0 aromatic heterocycles. The first-order chi connectivity index (χ1) is 8.81. The van der Waals surface area contributed by atoms with Crippen molar-refractivity contribution in [3.63, 3.8) is 0 Å². The molecule has 0 spiro atoms. The quantitative estimate of drug-likeness (QED) is 0.877. The van der Waals surface area contributed by atoms with Gasteiger partial charge in [-0.1, -0.05) is 11.6 Å². The zero-order valence-corrected chi connectivity index (χ0v) is 10.7. The highest BCUT2D eigenvalue weighted by Crippen LogP contribution is 2.27. The lowest BCUT2D eigenvalue weighted by Crippen LogP contribution is -2.37. The molecule has 0 fully saturated rings. The van der Waals surface area contributed by atoms with Crippen LogP contribution in [-0.4, -0.2) is 32.3 Å². The molecular formula is C11H12ClF3N2O2. The number of anilines is 1. The van der Waals surface area contributed by atoms with Gasteiger partial charge in [0.15, 0.2) is 0 Å². The first kappa shape index (κ1) is 15.4. The predicted octanol–water partition coefficient (Wildman–Crippen LogP) is 2.44. The average Bonchev–Trinajstić information content (AvgIpc) is 2.33. The number of rotatable bonds is 5. The van der Waals surface area contributed by atoms with Gasteiger partial charge in [0.2, 0.25) is 5.91 Å². The van der Waals surface area contributed by atoms with Crippen molar-refractivity contribution >= 4 is 23.2 Å². The molecule has 8 heteroatoms. The van der Waals surface area contributed by atoms with E-state index in [-0.39, 0.29) is 6.54 Å². The molecule has 0 atom stereocenters. The fourth-order valence-corrected chi connectivity index (χ4v) is 1.43. The lowest BCUT2D eigenvalue weighted by atomic mass is 10.3. The Labute approximate surface area is 112 Å². The molecule has 0 aliphatic heterocycles. The maximum atomic E-state index is 11.9. The highest BCUT2D eigenvalue weighted by molar-refractivity contribution is 6.30. The van der Waals surface area contributed by atoms with Crippen LogP contribution < -0.4 is 15.4 Å². The molecule has 1 amide bonds. The minimum absolute atomic E-state index is 0.313. The summed E-state index contributed by atoms with van der Waals surface area (Å²) in [5, 5.41) is 4.81. The van der Waals surface area contributed by atoms with Crippen LogP contribution in [-0.2, 0) is 4.79 Å². The molecule has 106 valence electrons. The number of methoxy groups -OCH3 is 1. The number of carbonyl (C=O) groups is 1. The number of hydrogen-bond acceptors (Lipinski definition) is 3. The van der Waals surface area contributed by atoms with Crippen molar-refractivity contribution < 1.29 is 22.7 Å². The third-order valence-electron chi connectivity index (χ3n) is 2.09. The van der Waals surface area contributed by atoms with E-state index < -0.39 is 18.6 Å². The Morgan fingerprint density at radius 2 is 2.11 bits per heavy atom. The Balaban J connectivity index is 2.52.